The van der Waals surface area contributed by atoms with Crippen LogP contribution in [0.15, 0.2) is 18.2 Å². The number of carbonyl (C=O) groups excluding carboxylic acids is 1. The number of aliphatic hydroxyl groups excluding tert-OH is 1. The van der Waals surface area contributed by atoms with Crippen molar-refractivity contribution in [1.82, 2.24) is 5.32 Å². The van der Waals surface area contributed by atoms with Crippen molar-refractivity contribution in [1.29, 1.82) is 0 Å². The quantitative estimate of drug-likeness (QED) is 0.699. The van der Waals surface area contributed by atoms with E-state index in [-0.39, 0.29) is 18.6 Å². The van der Waals surface area contributed by atoms with Crippen molar-refractivity contribution in [2.24, 2.45) is 0 Å². The first kappa shape index (κ1) is 12.8. The molecule has 1 atom stereocenters. The lowest BCUT2D eigenvalue weighted by Crippen LogP contribution is -2.37. The number of anilines is 1. The second-order valence-corrected chi connectivity index (χ2v) is 3.93. The van der Waals surface area contributed by atoms with Crippen LogP contribution in [0.2, 0.25) is 5.02 Å². The molecule has 16 heavy (non-hydrogen) atoms. The third kappa shape index (κ3) is 3.12. The molecule has 0 aliphatic carbocycles. The number of nitrogen functional groups attached to an aromatic ring is 1. The van der Waals surface area contributed by atoms with Crippen LogP contribution in [0.3, 0.4) is 0 Å². The Balaban J connectivity index is 2.80. The molecule has 0 saturated carbocycles. The second kappa shape index (κ2) is 5.72. The predicted octanol–water partition coefficient (Wildman–Crippen LogP) is 1.42. The maximum Gasteiger partial charge on any atom is 0.253 e. The number of nitrogens with one attached hydrogen (secondary N) is 1. The van der Waals surface area contributed by atoms with Gasteiger partial charge in [0.15, 0.2) is 0 Å². The number of amides is 1. The molecule has 0 aliphatic rings. The zero-order chi connectivity index (χ0) is 12.1. The Bertz CT molecular complexity index is 378. The Morgan fingerprint density at radius 3 is 2.81 bits per heavy atom. The molecular weight excluding hydrogens is 228 g/mol. The lowest BCUT2D eigenvalue weighted by molar-refractivity contribution is 0.0916. The lowest BCUT2D eigenvalue weighted by atomic mass is 10.1. The molecule has 1 aromatic carbocycles. The molecule has 1 rings (SSSR count). The van der Waals surface area contributed by atoms with Crippen LogP contribution in [0.5, 0.6) is 0 Å². The standard InChI is InChI=1S/C11H15ClN2O2/c1-2-8(6-15)14-11(16)9-4-3-7(12)5-10(9)13/h3-5,8,15H,2,6,13H2,1H3,(H,14,16). The molecule has 0 heterocycles. The number of nitrogens with two attached hydrogens (primary N) is 1. The summed E-state index contributed by atoms with van der Waals surface area (Å²) in [5, 5.41) is 12.1. The summed E-state index contributed by atoms with van der Waals surface area (Å²) < 4.78 is 0. The molecule has 0 aliphatic heterocycles. The molecule has 1 unspecified atom stereocenters. The van der Waals surface area contributed by atoms with Gasteiger partial charge in [-0.1, -0.05) is 18.5 Å². The maximum atomic E-state index is 11.8. The first-order chi connectivity index (χ1) is 7.58. The van der Waals surface area contributed by atoms with Crippen LogP contribution >= 0.6 is 11.6 Å². The number of rotatable bonds is 4. The Hall–Kier alpha value is -1.26. The normalized spacial score (nSPS) is 12.2. The minimum absolute atomic E-state index is 0.0876. The third-order valence-electron chi connectivity index (χ3n) is 2.31. The monoisotopic (exact) mass is 242 g/mol. The molecule has 5 heteroatoms. The summed E-state index contributed by atoms with van der Waals surface area (Å²) in [5.41, 5.74) is 6.38. The van der Waals surface area contributed by atoms with Gasteiger partial charge in [0.05, 0.1) is 18.2 Å². The first-order valence-electron chi connectivity index (χ1n) is 5.05. The number of benzene rings is 1. The van der Waals surface area contributed by atoms with Gasteiger partial charge >= 0.3 is 0 Å². The van der Waals surface area contributed by atoms with Crippen molar-refractivity contribution in [2.75, 3.05) is 12.3 Å². The van der Waals surface area contributed by atoms with E-state index in [4.69, 9.17) is 22.4 Å². The SMILES string of the molecule is CCC(CO)NC(=O)c1ccc(Cl)cc1N. The highest BCUT2D eigenvalue weighted by Gasteiger charge is 2.13. The Morgan fingerprint density at radius 1 is 1.62 bits per heavy atom. The molecule has 0 spiro atoms. The highest BCUT2D eigenvalue weighted by Crippen LogP contribution is 2.17. The predicted molar refractivity (Wildman–Crippen MR) is 64.5 cm³/mol. The zero-order valence-electron chi connectivity index (χ0n) is 9.03. The number of hydrogen-bond acceptors (Lipinski definition) is 3. The van der Waals surface area contributed by atoms with E-state index in [1.165, 1.54) is 6.07 Å². The number of halogens is 1. The Morgan fingerprint density at radius 2 is 2.31 bits per heavy atom. The molecule has 1 amide bonds. The highest BCUT2D eigenvalue weighted by atomic mass is 35.5. The van der Waals surface area contributed by atoms with E-state index in [2.05, 4.69) is 5.32 Å². The molecule has 88 valence electrons. The molecule has 0 aromatic heterocycles. The van der Waals surface area contributed by atoms with E-state index in [1.54, 1.807) is 12.1 Å². The molecule has 4 nitrogen and oxygen atoms in total. The van der Waals surface area contributed by atoms with Crippen molar-refractivity contribution in [3.05, 3.63) is 28.8 Å². The van der Waals surface area contributed by atoms with Crippen LogP contribution < -0.4 is 11.1 Å². The Kier molecular flexibility index (Phi) is 4.58. The van der Waals surface area contributed by atoms with Crippen LogP contribution in [-0.4, -0.2) is 23.7 Å². The summed E-state index contributed by atoms with van der Waals surface area (Å²) >= 11 is 5.73. The third-order valence-corrected chi connectivity index (χ3v) is 2.54. The van der Waals surface area contributed by atoms with Gasteiger partial charge < -0.3 is 16.2 Å². The van der Waals surface area contributed by atoms with Crippen molar-refractivity contribution in [2.45, 2.75) is 19.4 Å². The minimum atomic E-state index is -0.296. The number of carbonyl (C=O) groups is 1. The fourth-order valence-electron chi connectivity index (χ4n) is 1.28. The van der Waals surface area contributed by atoms with Gasteiger partial charge in [0, 0.05) is 10.7 Å². The minimum Gasteiger partial charge on any atom is -0.398 e. The molecule has 0 radical (unpaired) electrons. The van der Waals surface area contributed by atoms with E-state index in [0.717, 1.165) is 0 Å². The average molecular weight is 243 g/mol. The molecule has 0 fully saturated rings. The summed E-state index contributed by atoms with van der Waals surface area (Å²) in [7, 11) is 0. The van der Waals surface area contributed by atoms with Crippen molar-refractivity contribution in [3.63, 3.8) is 0 Å². The fraction of sp³-hybridized carbons (Fsp3) is 0.364. The van der Waals surface area contributed by atoms with Crippen molar-refractivity contribution in [3.8, 4) is 0 Å². The number of aliphatic hydroxyl groups is 1. The van der Waals surface area contributed by atoms with Gasteiger partial charge in [-0.25, -0.2) is 0 Å². The zero-order valence-corrected chi connectivity index (χ0v) is 9.79. The van der Waals surface area contributed by atoms with Gasteiger partial charge in [-0.15, -0.1) is 0 Å². The van der Waals surface area contributed by atoms with Crippen molar-refractivity contribution >= 4 is 23.2 Å². The molecule has 4 N–H and O–H groups in total. The topological polar surface area (TPSA) is 75.3 Å². The van der Waals surface area contributed by atoms with Crippen LogP contribution in [0.25, 0.3) is 0 Å². The van der Waals surface area contributed by atoms with Gasteiger partial charge in [-0.2, -0.15) is 0 Å². The largest absolute Gasteiger partial charge is 0.398 e. The lowest BCUT2D eigenvalue weighted by Gasteiger charge is -2.14. The van der Waals surface area contributed by atoms with E-state index in [1.807, 2.05) is 6.92 Å². The summed E-state index contributed by atoms with van der Waals surface area (Å²) in [6.07, 6.45) is 0.662. The molecule has 0 bridgehead atoms. The van der Waals surface area contributed by atoms with Crippen molar-refractivity contribution < 1.29 is 9.90 Å². The van der Waals surface area contributed by atoms with Crippen LogP contribution in [0.4, 0.5) is 5.69 Å². The smallest absolute Gasteiger partial charge is 0.253 e. The second-order valence-electron chi connectivity index (χ2n) is 3.49. The molecule has 1 aromatic rings. The van der Waals surface area contributed by atoms with Gasteiger partial charge in [-0.05, 0) is 24.6 Å². The van der Waals surface area contributed by atoms with Gasteiger partial charge in [0.25, 0.3) is 5.91 Å². The van der Waals surface area contributed by atoms with Gasteiger partial charge in [0.1, 0.15) is 0 Å². The van der Waals surface area contributed by atoms with Gasteiger partial charge in [-0.3, -0.25) is 4.79 Å². The Labute approximate surface area is 99.4 Å². The van der Waals surface area contributed by atoms with Gasteiger partial charge in [0.2, 0.25) is 0 Å². The summed E-state index contributed by atoms with van der Waals surface area (Å²) in [6, 6.07) is 4.45. The molecular formula is C11H15ClN2O2. The first-order valence-corrected chi connectivity index (χ1v) is 5.43. The van der Waals surface area contributed by atoms with Crippen LogP contribution in [0.1, 0.15) is 23.7 Å². The summed E-state index contributed by atoms with van der Waals surface area (Å²) in [5.74, 6) is -0.296. The van der Waals surface area contributed by atoms with Crippen LogP contribution in [-0.2, 0) is 0 Å². The maximum absolute atomic E-state index is 11.8. The highest BCUT2D eigenvalue weighted by molar-refractivity contribution is 6.31. The fourth-order valence-corrected chi connectivity index (χ4v) is 1.46. The number of hydrogen-bond donors (Lipinski definition) is 3. The van der Waals surface area contributed by atoms with E-state index in [0.29, 0.717) is 22.7 Å². The molecule has 0 saturated heterocycles. The summed E-state index contributed by atoms with van der Waals surface area (Å²) in [4.78, 5) is 11.8. The van der Waals surface area contributed by atoms with Crippen LogP contribution in [0, 0.1) is 0 Å². The van der Waals surface area contributed by atoms with E-state index in [9.17, 15) is 4.79 Å². The van der Waals surface area contributed by atoms with E-state index >= 15 is 0 Å². The van der Waals surface area contributed by atoms with E-state index < -0.39 is 0 Å². The summed E-state index contributed by atoms with van der Waals surface area (Å²) in [6.45, 7) is 1.79. The average Bonchev–Trinajstić information content (AvgIpc) is 2.25.